The molecule has 0 atom stereocenters. The molecule has 8 nitrogen and oxygen atoms in total. The number of ether oxygens (including phenoxy) is 4. The first-order valence-electron chi connectivity index (χ1n) is 11.6. The number of nitrogens with zero attached hydrogens (tertiary/aromatic N) is 1. The van der Waals surface area contributed by atoms with Crippen LogP contribution < -0.4 is 23.8 Å². The molecule has 2 amide bonds. The summed E-state index contributed by atoms with van der Waals surface area (Å²) in [4.78, 5) is 40.5. The Balaban J connectivity index is 1.87. The van der Waals surface area contributed by atoms with Crippen LogP contribution in [0.5, 0.6) is 23.0 Å². The Kier molecular flexibility index (Phi) is 6.91. The van der Waals surface area contributed by atoms with Gasteiger partial charge in [0.25, 0.3) is 11.8 Å². The van der Waals surface area contributed by atoms with E-state index in [1.165, 1.54) is 25.3 Å². The highest BCUT2D eigenvalue weighted by molar-refractivity contribution is 6.38. The minimum absolute atomic E-state index is 0.152. The van der Waals surface area contributed by atoms with Gasteiger partial charge in [-0.05, 0) is 32.4 Å². The number of carbonyl (C=O) groups is 3. The molecule has 0 saturated heterocycles. The van der Waals surface area contributed by atoms with Crippen LogP contribution in [0, 0.1) is 0 Å². The van der Waals surface area contributed by atoms with Gasteiger partial charge in [-0.2, -0.15) is 0 Å². The van der Waals surface area contributed by atoms with Crippen LogP contribution >= 0.6 is 0 Å². The van der Waals surface area contributed by atoms with Gasteiger partial charge in [-0.25, -0.2) is 4.90 Å². The summed E-state index contributed by atoms with van der Waals surface area (Å²) in [5, 5.41) is 1.37. The zero-order valence-corrected chi connectivity index (χ0v) is 20.2. The van der Waals surface area contributed by atoms with Gasteiger partial charge in [0, 0.05) is 23.3 Å². The first-order valence-corrected chi connectivity index (χ1v) is 11.6. The fourth-order valence-electron chi connectivity index (χ4n) is 4.20. The standard InChI is InChI=1S/C27H27NO7/c1-5-10-21(29)35-16-13-14-19(20(15-16)32-4)28-26(30)22-23(27(28)31)25(34-7-3)18-12-9-8-11-17(18)24(22)33-6-2/h8-9,11-15H,5-7,10H2,1-4H3. The predicted molar refractivity (Wildman–Crippen MR) is 131 cm³/mol. The van der Waals surface area contributed by atoms with Gasteiger partial charge in [-0.15, -0.1) is 0 Å². The highest BCUT2D eigenvalue weighted by Gasteiger charge is 2.44. The molecule has 35 heavy (non-hydrogen) atoms. The Hall–Kier alpha value is -4.07. The van der Waals surface area contributed by atoms with Crippen LogP contribution in [0.3, 0.4) is 0 Å². The average molecular weight is 478 g/mol. The molecule has 0 saturated carbocycles. The van der Waals surface area contributed by atoms with Gasteiger partial charge >= 0.3 is 5.97 Å². The van der Waals surface area contributed by atoms with Crippen molar-refractivity contribution in [3.8, 4) is 23.0 Å². The fourth-order valence-corrected chi connectivity index (χ4v) is 4.20. The largest absolute Gasteiger partial charge is 0.494 e. The van der Waals surface area contributed by atoms with Crippen molar-refractivity contribution in [1.29, 1.82) is 0 Å². The Morgan fingerprint density at radius 2 is 1.43 bits per heavy atom. The van der Waals surface area contributed by atoms with E-state index in [0.29, 0.717) is 41.9 Å². The number of methoxy groups -OCH3 is 1. The number of esters is 1. The molecule has 3 aromatic carbocycles. The van der Waals surface area contributed by atoms with E-state index < -0.39 is 11.8 Å². The molecule has 182 valence electrons. The third-order valence-corrected chi connectivity index (χ3v) is 5.61. The van der Waals surface area contributed by atoms with E-state index in [2.05, 4.69) is 0 Å². The maximum absolute atomic E-state index is 13.7. The van der Waals surface area contributed by atoms with E-state index >= 15 is 0 Å². The molecular weight excluding hydrogens is 450 g/mol. The van der Waals surface area contributed by atoms with Crippen LogP contribution in [0.4, 0.5) is 5.69 Å². The van der Waals surface area contributed by atoms with Crippen molar-refractivity contribution >= 4 is 34.2 Å². The van der Waals surface area contributed by atoms with E-state index in [4.69, 9.17) is 18.9 Å². The number of anilines is 1. The second-order valence-corrected chi connectivity index (χ2v) is 7.82. The van der Waals surface area contributed by atoms with Crippen LogP contribution in [0.2, 0.25) is 0 Å². The molecule has 8 heteroatoms. The SMILES string of the molecule is CCCC(=O)Oc1ccc(N2C(=O)c3c(c(OCC)c4ccccc4c3OCC)C2=O)c(OC)c1. The van der Waals surface area contributed by atoms with Crippen LogP contribution in [-0.2, 0) is 4.79 Å². The first-order chi connectivity index (χ1) is 17.0. The second-order valence-electron chi connectivity index (χ2n) is 7.82. The number of carbonyl (C=O) groups excluding carboxylic acids is 3. The summed E-state index contributed by atoms with van der Waals surface area (Å²) < 4.78 is 22.6. The topological polar surface area (TPSA) is 91.4 Å². The average Bonchev–Trinajstić information content (AvgIpc) is 3.11. The maximum Gasteiger partial charge on any atom is 0.311 e. The van der Waals surface area contributed by atoms with E-state index in [1.54, 1.807) is 0 Å². The van der Waals surface area contributed by atoms with Crippen molar-refractivity contribution in [2.45, 2.75) is 33.6 Å². The van der Waals surface area contributed by atoms with Crippen molar-refractivity contribution in [3.05, 3.63) is 53.6 Å². The van der Waals surface area contributed by atoms with Crippen LogP contribution in [-0.4, -0.2) is 38.1 Å². The molecular formula is C27H27NO7. The highest BCUT2D eigenvalue weighted by atomic mass is 16.5. The molecule has 3 aromatic rings. The van der Waals surface area contributed by atoms with Crippen molar-refractivity contribution in [1.82, 2.24) is 0 Å². The Morgan fingerprint density at radius 1 is 0.857 bits per heavy atom. The maximum atomic E-state index is 13.7. The molecule has 4 rings (SSSR count). The van der Waals surface area contributed by atoms with E-state index in [9.17, 15) is 14.4 Å². The molecule has 0 N–H and O–H groups in total. The Labute approximate surface area is 203 Å². The number of benzene rings is 3. The molecule has 0 radical (unpaired) electrons. The van der Waals surface area contributed by atoms with Gasteiger partial charge in [0.2, 0.25) is 0 Å². The molecule has 1 heterocycles. The normalized spacial score (nSPS) is 12.6. The molecule has 0 fully saturated rings. The highest BCUT2D eigenvalue weighted by Crippen LogP contribution is 2.47. The third kappa shape index (κ3) is 4.16. The lowest BCUT2D eigenvalue weighted by Gasteiger charge is -2.18. The molecule has 1 aliphatic heterocycles. The minimum Gasteiger partial charge on any atom is -0.494 e. The van der Waals surface area contributed by atoms with Gasteiger partial charge < -0.3 is 18.9 Å². The van der Waals surface area contributed by atoms with Gasteiger partial charge in [-0.3, -0.25) is 14.4 Å². The monoisotopic (exact) mass is 477 g/mol. The van der Waals surface area contributed by atoms with Crippen molar-refractivity contribution in [3.63, 3.8) is 0 Å². The summed E-state index contributed by atoms with van der Waals surface area (Å²) in [6.07, 6.45) is 0.929. The van der Waals surface area contributed by atoms with E-state index in [-0.39, 0.29) is 40.7 Å². The van der Waals surface area contributed by atoms with Gasteiger partial charge in [0.15, 0.2) is 0 Å². The number of rotatable bonds is 9. The zero-order valence-electron chi connectivity index (χ0n) is 20.2. The van der Waals surface area contributed by atoms with Crippen LogP contribution in [0.25, 0.3) is 10.8 Å². The number of imide groups is 1. The predicted octanol–water partition coefficient (Wildman–Crippen LogP) is 5.15. The van der Waals surface area contributed by atoms with Gasteiger partial charge in [0.1, 0.15) is 23.0 Å². The van der Waals surface area contributed by atoms with Crippen molar-refractivity contribution in [2.24, 2.45) is 0 Å². The molecule has 0 bridgehead atoms. The summed E-state index contributed by atoms with van der Waals surface area (Å²) in [6.45, 7) is 6.14. The van der Waals surface area contributed by atoms with Crippen LogP contribution in [0.15, 0.2) is 42.5 Å². The summed E-state index contributed by atoms with van der Waals surface area (Å²) >= 11 is 0. The molecule has 0 aliphatic carbocycles. The van der Waals surface area contributed by atoms with Gasteiger partial charge in [0.05, 0.1) is 37.1 Å². The van der Waals surface area contributed by atoms with E-state index in [1.807, 2.05) is 45.0 Å². The van der Waals surface area contributed by atoms with Crippen molar-refractivity contribution in [2.75, 3.05) is 25.2 Å². The summed E-state index contributed by atoms with van der Waals surface area (Å²) in [7, 11) is 1.42. The number of fused-ring (bicyclic) bond motifs is 2. The molecule has 0 aromatic heterocycles. The summed E-state index contributed by atoms with van der Waals surface area (Å²) in [5.41, 5.74) is 0.530. The summed E-state index contributed by atoms with van der Waals surface area (Å²) in [5.74, 6) is -0.322. The van der Waals surface area contributed by atoms with Crippen molar-refractivity contribution < 1.29 is 33.3 Å². The molecule has 0 spiro atoms. The lowest BCUT2D eigenvalue weighted by atomic mass is 9.99. The number of amides is 2. The Morgan fingerprint density at radius 3 is 1.91 bits per heavy atom. The minimum atomic E-state index is -0.547. The second kappa shape index (κ2) is 10.0. The zero-order chi connectivity index (χ0) is 25.1. The quantitative estimate of drug-likeness (QED) is 0.239. The lowest BCUT2D eigenvalue weighted by Crippen LogP contribution is -2.30. The number of hydrogen-bond acceptors (Lipinski definition) is 7. The first kappa shape index (κ1) is 24.1. The lowest BCUT2D eigenvalue weighted by molar-refractivity contribution is -0.134. The van der Waals surface area contributed by atoms with Gasteiger partial charge in [-0.1, -0.05) is 31.2 Å². The molecule has 0 unspecified atom stereocenters. The summed E-state index contributed by atoms with van der Waals surface area (Å²) in [6, 6.07) is 11.9. The fraction of sp³-hybridized carbons (Fsp3) is 0.296. The smallest absolute Gasteiger partial charge is 0.311 e. The van der Waals surface area contributed by atoms with E-state index in [0.717, 1.165) is 4.90 Å². The van der Waals surface area contributed by atoms with Crippen LogP contribution in [0.1, 0.15) is 54.3 Å². The third-order valence-electron chi connectivity index (χ3n) is 5.61. The number of hydrogen-bond donors (Lipinski definition) is 0. The Bertz CT molecular complexity index is 1250. The molecule has 1 aliphatic rings.